The molecule has 1 amide bonds. The lowest BCUT2D eigenvalue weighted by Gasteiger charge is -2.43. The molecule has 2 fully saturated rings. The molecule has 0 bridgehead atoms. The van der Waals surface area contributed by atoms with E-state index >= 15 is 0 Å². The Kier molecular flexibility index (Phi) is 5.35. The van der Waals surface area contributed by atoms with Crippen LogP contribution in [0.5, 0.6) is 0 Å². The average Bonchev–Trinajstić information content (AvgIpc) is 3.11. The third kappa shape index (κ3) is 3.82. The summed E-state index contributed by atoms with van der Waals surface area (Å²) < 4.78 is 0. The van der Waals surface area contributed by atoms with Gasteiger partial charge in [-0.15, -0.1) is 0 Å². The molecule has 150 valence electrons. The molecular weight excluding hydrogens is 368 g/mol. The molecule has 3 aliphatic heterocycles. The highest BCUT2D eigenvalue weighted by molar-refractivity contribution is 8.03. The van der Waals surface area contributed by atoms with Crippen molar-refractivity contribution < 1.29 is 4.79 Å². The lowest BCUT2D eigenvalue weighted by molar-refractivity contribution is -0.134. The Balaban J connectivity index is 1.11. The van der Waals surface area contributed by atoms with Crippen LogP contribution in [0.2, 0.25) is 0 Å². The second kappa shape index (κ2) is 8.09. The third-order valence-corrected chi connectivity index (χ3v) is 7.95. The zero-order chi connectivity index (χ0) is 18.9. The van der Waals surface area contributed by atoms with Crippen LogP contribution in [0.15, 0.2) is 40.9 Å². The molecule has 0 spiro atoms. The van der Waals surface area contributed by atoms with E-state index in [0.717, 1.165) is 51.7 Å². The number of rotatable bonds is 4. The van der Waals surface area contributed by atoms with Crippen LogP contribution in [-0.2, 0) is 4.79 Å². The van der Waals surface area contributed by atoms with E-state index in [2.05, 4.69) is 50.3 Å². The van der Waals surface area contributed by atoms with Gasteiger partial charge in [-0.1, -0.05) is 48.5 Å². The molecule has 6 heteroatoms. The smallest absolute Gasteiger partial charge is 0.236 e. The van der Waals surface area contributed by atoms with E-state index in [1.807, 2.05) is 11.8 Å². The fourth-order valence-corrected chi connectivity index (χ4v) is 6.01. The Bertz CT molecular complexity index is 740. The quantitative estimate of drug-likeness (QED) is 0.844. The topological polar surface area (TPSA) is 38.8 Å². The first kappa shape index (κ1) is 18.5. The SMILES string of the molecule is O=C(CN1CCC2=C(C1)SC(c1ccccc1)N2)N1CCN(C2CCC2)CC1. The molecule has 4 aliphatic rings. The first-order valence-electron chi connectivity index (χ1n) is 10.7. The standard InChI is InChI=1S/C22H30N4OS/c27-21(26-13-11-25(12-14-26)18-7-4-8-18)16-24-10-9-19-20(15-24)28-22(23-19)17-5-2-1-3-6-17/h1-3,5-6,18,22-23H,4,7-16H2. The monoisotopic (exact) mass is 398 g/mol. The van der Waals surface area contributed by atoms with Crippen molar-refractivity contribution in [1.82, 2.24) is 20.0 Å². The van der Waals surface area contributed by atoms with Crippen molar-refractivity contribution in [1.29, 1.82) is 0 Å². The minimum atomic E-state index is 0.313. The number of hydrogen-bond donors (Lipinski definition) is 1. The molecule has 0 radical (unpaired) electrons. The maximum atomic E-state index is 12.8. The summed E-state index contributed by atoms with van der Waals surface area (Å²) in [7, 11) is 0. The van der Waals surface area contributed by atoms with E-state index in [4.69, 9.17) is 0 Å². The van der Waals surface area contributed by atoms with E-state index in [0.29, 0.717) is 17.8 Å². The van der Waals surface area contributed by atoms with Crippen LogP contribution in [-0.4, -0.2) is 72.5 Å². The van der Waals surface area contributed by atoms with Crippen molar-refractivity contribution in [3.05, 3.63) is 46.5 Å². The minimum Gasteiger partial charge on any atom is -0.372 e. The van der Waals surface area contributed by atoms with E-state index in [-0.39, 0.29) is 0 Å². The van der Waals surface area contributed by atoms with Gasteiger partial charge in [0.2, 0.25) is 5.91 Å². The van der Waals surface area contributed by atoms with Gasteiger partial charge in [0.15, 0.2) is 0 Å². The van der Waals surface area contributed by atoms with E-state index in [9.17, 15) is 4.79 Å². The number of hydrogen-bond acceptors (Lipinski definition) is 5. The molecule has 1 aliphatic carbocycles. The van der Waals surface area contributed by atoms with Crippen molar-refractivity contribution in [2.24, 2.45) is 0 Å². The number of benzene rings is 1. The Hall–Kier alpha value is -1.50. The van der Waals surface area contributed by atoms with Crippen LogP contribution < -0.4 is 5.32 Å². The highest BCUT2D eigenvalue weighted by Gasteiger charge is 2.32. The van der Waals surface area contributed by atoms with Crippen LogP contribution in [0.1, 0.15) is 36.6 Å². The summed E-state index contributed by atoms with van der Waals surface area (Å²) in [5.74, 6) is 0.313. The summed E-state index contributed by atoms with van der Waals surface area (Å²) >= 11 is 1.92. The number of amides is 1. The first-order chi connectivity index (χ1) is 13.8. The molecule has 1 unspecified atom stereocenters. The van der Waals surface area contributed by atoms with E-state index < -0.39 is 0 Å². The van der Waals surface area contributed by atoms with Crippen molar-refractivity contribution in [3.8, 4) is 0 Å². The summed E-state index contributed by atoms with van der Waals surface area (Å²) in [6.45, 7) is 6.38. The molecule has 1 aromatic rings. The fourth-order valence-electron chi connectivity index (χ4n) is 4.67. The summed E-state index contributed by atoms with van der Waals surface area (Å²) in [6, 6.07) is 11.4. The number of nitrogens with one attached hydrogen (secondary N) is 1. The summed E-state index contributed by atoms with van der Waals surface area (Å²) in [4.78, 5) is 21.3. The second-order valence-corrected chi connectivity index (χ2v) is 9.62. The molecule has 0 aromatic heterocycles. The van der Waals surface area contributed by atoms with Gasteiger partial charge in [0, 0.05) is 62.3 Å². The lowest BCUT2D eigenvalue weighted by atomic mass is 9.91. The first-order valence-corrected chi connectivity index (χ1v) is 11.6. The Morgan fingerprint density at radius 2 is 1.86 bits per heavy atom. The number of carbonyl (C=O) groups is 1. The van der Waals surface area contributed by atoms with Crippen LogP contribution in [0.4, 0.5) is 0 Å². The molecule has 5 nitrogen and oxygen atoms in total. The van der Waals surface area contributed by atoms with Crippen LogP contribution in [0.25, 0.3) is 0 Å². The van der Waals surface area contributed by atoms with Crippen molar-refractivity contribution in [3.63, 3.8) is 0 Å². The third-order valence-electron chi connectivity index (χ3n) is 6.67. The summed E-state index contributed by atoms with van der Waals surface area (Å²) in [5, 5.41) is 4.01. The van der Waals surface area contributed by atoms with Gasteiger partial charge in [-0.05, 0) is 18.4 Å². The van der Waals surface area contributed by atoms with Gasteiger partial charge in [-0.25, -0.2) is 0 Å². The molecule has 3 heterocycles. The normalized spacial score (nSPS) is 26.7. The van der Waals surface area contributed by atoms with Crippen molar-refractivity contribution in [2.75, 3.05) is 45.8 Å². The van der Waals surface area contributed by atoms with Gasteiger partial charge in [0.25, 0.3) is 0 Å². The highest BCUT2D eigenvalue weighted by atomic mass is 32.2. The lowest BCUT2D eigenvalue weighted by Crippen LogP contribution is -2.55. The fraction of sp³-hybridized carbons (Fsp3) is 0.591. The Morgan fingerprint density at radius 3 is 2.57 bits per heavy atom. The maximum Gasteiger partial charge on any atom is 0.236 e. The average molecular weight is 399 g/mol. The summed E-state index contributed by atoms with van der Waals surface area (Å²) in [5.41, 5.74) is 2.71. The second-order valence-electron chi connectivity index (χ2n) is 8.42. The molecular formula is C22H30N4OS. The van der Waals surface area contributed by atoms with E-state index in [1.165, 1.54) is 35.4 Å². The van der Waals surface area contributed by atoms with Gasteiger partial charge in [-0.2, -0.15) is 0 Å². The molecule has 5 rings (SSSR count). The summed E-state index contributed by atoms with van der Waals surface area (Å²) in [6.07, 6.45) is 5.12. The minimum absolute atomic E-state index is 0.313. The van der Waals surface area contributed by atoms with Gasteiger partial charge in [0.1, 0.15) is 5.37 Å². The highest BCUT2D eigenvalue weighted by Crippen LogP contribution is 2.43. The number of piperazine rings is 1. The van der Waals surface area contributed by atoms with Crippen molar-refractivity contribution >= 4 is 17.7 Å². The van der Waals surface area contributed by atoms with Crippen LogP contribution in [0, 0.1) is 0 Å². The molecule has 1 aromatic carbocycles. The van der Waals surface area contributed by atoms with Crippen molar-refractivity contribution in [2.45, 2.75) is 37.1 Å². The molecule has 1 atom stereocenters. The van der Waals surface area contributed by atoms with Crippen LogP contribution >= 0.6 is 11.8 Å². The predicted octanol–water partition coefficient (Wildman–Crippen LogP) is 2.64. The van der Waals surface area contributed by atoms with Gasteiger partial charge < -0.3 is 10.2 Å². The van der Waals surface area contributed by atoms with Gasteiger partial charge >= 0.3 is 0 Å². The van der Waals surface area contributed by atoms with E-state index in [1.54, 1.807) is 0 Å². The molecule has 1 saturated heterocycles. The maximum absolute atomic E-state index is 12.8. The predicted molar refractivity (Wildman–Crippen MR) is 114 cm³/mol. The zero-order valence-corrected chi connectivity index (χ0v) is 17.3. The number of nitrogens with zero attached hydrogens (tertiary/aromatic N) is 3. The molecule has 1 saturated carbocycles. The zero-order valence-electron chi connectivity index (χ0n) is 16.5. The van der Waals surface area contributed by atoms with Gasteiger partial charge in [-0.3, -0.25) is 14.6 Å². The number of carbonyl (C=O) groups excluding carboxylic acids is 1. The Morgan fingerprint density at radius 1 is 1.07 bits per heavy atom. The van der Waals surface area contributed by atoms with Gasteiger partial charge in [0.05, 0.1) is 6.54 Å². The van der Waals surface area contributed by atoms with Crippen LogP contribution in [0.3, 0.4) is 0 Å². The number of thioether (sulfide) groups is 1. The Labute approximate surface area is 172 Å². The largest absolute Gasteiger partial charge is 0.372 e. The molecule has 28 heavy (non-hydrogen) atoms. The molecule has 1 N–H and O–H groups in total.